The fourth-order valence-corrected chi connectivity index (χ4v) is 3.74. The number of nitrogens with one attached hydrogen (secondary N) is 1. The van der Waals surface area contributed by atoms with Gasteiger partial charge in [0.05, 0.1) is 6.54 Å². The van der Waals surface area contributed by atoms with Crippen LogP contribution in [0.5, 0.6) is 0 Å². The first-order valence-corrected chi connectivity index (χ1v) is 9.86. The van der Waals surface area contributed by atoms with Gasteiger partial charge in [0, 0.05) is 36.5 Å². The van der Waals surface area contributed by atoms with E-state index in [-0.39, 0.29) is 42.3 Å². The summed E-state index contributed by atoms with van der Waals surface area (Å²) in [6.07, 6.45) is 3.85. The first-order valence-electron chi connectivity index (χ1n) is 9.86. The highest BCUT2D eigenvalue weighted by Crippen LogP contribution is 2.33. The largest absolute Gasteiger partial charge is 0.480 e. The summed E-state index contributed by atoms with van der Waals surface area (Å²) in [6, 6.07) is 5.70. The zero-order valence-corrected chi connectivity index (χ0v) is 16.1. The van der Waals surface area contributed by atoms with E-state index in [1.807, 2.05) is 4.90 Å². The number of carboxylic acids is 1. The molecule has 0 aliphatic heterocycles. The average Bonchev–Trinajstić information content (AvgIpc) is 3.40. The normalized spacial score (nSPS) is 22.4. The van der Waals surface area contributed by atoms with Gasteiger partial charge < -0.3 is 10.4 Å². The predicted octanol–water partition coefficient (Wildman–Crippen LogP) is 2.48. The van der Waals surface area contributed by atoms with Gasteiger partial charge in [-0.05, 0) is 43.7 Å². The Labute approximate surface area is 164 Å². The number of carbonyl (C=O) groups is 3. The Morgan fingerprint density at radius 3 is 2.61 bits per heavy atom. The van der Waals surface area contributed by atoms with Gasteiger partial charge in [-0.15, -0.1) is 0 Å². The van der Waals surface area contributed by atoms with Crippen molar-refractivity contribution in [1.82, 2.24) is 10.2 Å². The fraction of sp³-hybridized carbons (Fsp3) is 0.571. The van der Waals surface area contributed by atoms with Gasteiger partial charge in [0.15, 0.2) is 5.78 Å². The van der Waals surface area contributed by atoms with Crippen LogP contribution in [0.4, 0.5) is 4.39 Å². The molecular formula is C21H27FN2O4. The van der Waals surface area contributed by atoms with E-state index >= 15 is 0 Å². The van der Waals surface area contributed by atoms with E-state index in [0.29, 0.717) is 5.92 Å². The molecular weight excluding hydrogens is 363 g/mol. The van der Waals surface area contributed by atoms with Crippen molar-refractivity contribution in [3.63, 3.8) is 0 Å². The van der Waals surface area contributed by atoms with Crippen molar-refractivity contribution >= 4 is 17.7 Å². The number of carboxylic acid groups (broad SMARTS) is 1. The third kappa shape index (κ3) is 5.61. The Morgan fingerprint density at radius 1 is 1.29 bits per heavy atom. The van der Waals surface area contributed by atoms with E-state index in [1.54, 1.807) is 13.0 Å². The molecule has 2 aliphatic carbocycles. The third-order valence-electron chi connectivity index (χ3n) is 5.57. The molecule has 28 heavy (non-hydrogen) atoms. The maximum Gasteiger partial charge on any atom is 0.317 e. The van der Waals surface area contributed by atoms with E-state index in [4.69, 9.17) is 5.11 Å². The van der Waals surface area contributed by atoms with Gasteiger partial charge in [-0.2, -0.15) is 0 Å². The van der Waals surface area contributed by atoms with E-state index < -0.39 is 17.7 Å². The monoisotopic (exact) mass is 390 g/mol. The van der Waals surface area contributed by atoms with Crippen LogP contribution in [0.3, 0.4) is 0 Å². The van der Waals surface area contributed by atoms with Crippen molar-refractivity contribution in [1.29, 1.82) is 0 Å². The number of Topliss-reactive ketones (excluding diaryl/α,β-unsaturated/α-hetero) is 1. The maximum absolute atomic E-state index is 13.3. The van der Waals surface area contributed by atoms with Crippen LogP contribution in [-0.2, 0) is 9.59 Å². The molecule has 0 bridgehead atoms. The number of aliphatic carboxylic acids is 1. The van der Waals surface area contributed by atoms with Crippen molar-refractivity contribution < 1.29 is 23.9 Å². The second-order valence-corrected chi connectivity index (χ2v) is 8.14. The van der Waals surface area contributed by atoms with Gasteiger partial charge in [0.2, 0.25) is 5.91 Å². The minimum Gasteiger partial charge on any atom is -0.480 e. The third-order valence-corrected chi connectivity index (χ3v) is 5.57. The van der Waals surface area contributed by atoms with Crippen molar-refractivity contribution in [3.8, 4) is 0 Å². The molecule has 7 heteroatoms. The van der Waals surface area contributed by atoms with Crippen molar-refractivity contribution in [2.75, 3.05) is 13.1 Å². The standard InChI is InChI=1S/C21H27FN2O4/c1-13(21(28)15-3-2-4-16(22)8-15)7-19(25)23-17-9-18(10-17)24(12-20(26)27)11-14-5-6-14/h2-4,8,13-14,17-18H,5-7,9-12H2,1H3,(H,23,25)(H,26,27). The molecule has 2 N–H and O–H groups in total. The molecule has 0 saturated heterocycles. The molecule has 0 heterocycles. The van der Waals surface area contributed by atoms with E-state index in [2.05, 4.69) is 5.32 Å². The van der Waals surface area contributed by atoms with Crippen LogP contribution in [0, 0.1) is 17.7 Å². The van der Waals surface area contributed by atoms with Gasteiger partial charge in [-0.1, -0.05) is 19.1 Å². The first-order chi connectivity index (χ1) is 13.3. The lowest BCUT2D eigenvalue weighted by atomic mass is 9.84. The highest BCUT2D eigenvalue weighted by Gasteiger charge is 2.37. The molecule has 0 aromatic heterocycles. The Hall–Kier alpha value is -2.28. The summed E-state index contributed by atoms with van der Waals surface area (Å²) < 4.78 is 13.3. The van der Waals surface area contributed by atoms with Crippen LogP contribution >= 0.6 is 0 Å². The second kappa shape index (κ2) is 8.82. The molecule has 1 aromatic carbocycles. The summed E-state index contributed by atoms with van der Waals surface area (Å²) in [5.74, 6) is -1.66. The lowest BCUT2D eigenvalue weighted by Crippen LogP contribution is -2.55. The summed E-state index contributed by atoms with van der Waals surface area (Å²) in [5.41, 5.74) is 0.272. The number of amides is 1. The van der Waals surface area contributed by atoms with E-state index in [1.165, 1.54) is 31.0 Å². The number of carbonyl (C=O) groups excluding carboxylic acids is 2. The molecule has 1 atom stereocenters. The molecule has 1 unspecified atom stereocenters. The van der Waals surface area contributed by atoms with Crippen LogP contribution < -0.4 is 5.32 Å². The lowest BCUT2D eigenvalue weighted by Gasteiger charge is -2.42. The average molecular weight is 390 g/mol. The molecule has 3 rings (SSSR count). The molecule has 1 aromatic rings. The Bertz CT molecular complexity index is 744. The van der Waals surface area contributed by atoms with Gasteiger partial charge in [-0.3, -0.25) is 19.3 Å². The maximum atomic E-state index is 13.3. The summed E-state index contributed by atoms with van der Waals surface area (Å²) >= 11 is 0. The number of ketones is 1. The van der Waals surface area contributed by atoms with Gasteiger partial charge >= 0.3 is 5.97 Å². The predicted molar refractivity (Wildman–Crippen MR) is 101 cm³/mol. The quantitative estimate of drug-likeness (QED) is 0.600. The molecule has 1 amide bonds. The lowest BCUT2D eigenvalue weighted by molar-refractivity contribution is -0.140. The minimum atomic E-state index is -0.821. The highest BCUT2D eigenvalue weighted by atomic mass is 19.1. The molecule has 2 aliphatic rings. The van der Waals surface area contributed by atoms with Gasteiger partial charge in [0.1, 0.15) is 5.82 Å². The highest BCUT2D eigenvalue weighted by molar-refractivity contribution is 5.99. The molecule has 0 radical (unpaired) electrons. The van der Waals surface area contributed by atoms with Crippen LogP contribution in [0.15, 0.2) is 24.3 Å². The number of halogens is 1. The van der Waals surface area contributed by atoms with Crippen LogP contribution in [0.2, 0.25) is 0 Å². The SMILES string of the molecule is CC(CC(=O)NC1CC(N(CC(=O)O)CC2CC2)C1)C(=O)c1cccc(F)c1. The Kier molecular flexibility index (Phi) is 6.44. The summed E-state index contributed by atoms with van der Waals surface area (Å²) in [6.45, 7) is 2.53. The molecule has 152 valence electrons. The zero-order chi connectivity index (χ0) is 20.3. The van der Waals surface area contributed by atoms with E-state index in [9.17, 15) is 18.8 Å². The van der Waals surface area contributed by atoms with Crippen molar-refractivity contribution in [2.45, 2.75) is 51.1 Å². The van der Waals surface area contributed by atoms with Gasteiger partial charge in [-0.25, -0.2) is 4.39 Å². The first kappa shape index (κ1) is 20.5. The van der Waals surface area contributed by atoms with Crippen LogP contribution in [0.25, 0.3) is 0 Å². The number of hydrogen-bond acceptors (Lipinski definition) is 4. The topological polar surface area (TPSA) is 86.7 Å². The molecule has 2 saturated carbocycles. The molecule has 0 spiro atoms. The molecule has 2 fully saturated rings. The van der Waals surface area contributed by atoms with Crippen molar-refractivity contribution in [2.24, 2.45) is 11.8 Å². The number of nitrogens with zero attached hydrogens (tertiary/aromatic N) is 1. The van der Waals surface area contributed by atoms with E-state index in [0.717, 1.165) is 19.4 Å². The number of hydrogen-bond donors (Lipinski definition) is 2. The summed E-state index contributed by atoms with van der Waals surface area (Å²) in [4.78, 5) is 37.7. The zero-order valence-electron chi connectivity index (χ0n) is 16.1. The Balaban J connectivity index is 1.43. The van der Waals surface area contributed by atoms with Gasteiger partial charge in [0.25, 0.3) is 0 Å². The Morgan fingerprint density at radius 2 is 2.00 bits per heavy atom. The second-order valence-electron chi connectivity index (χ2n) is 8.14. The molecule has 6 nitrogen and oxygen atoms in total. The van der Waals surface area contributed by atoms with Crippen LogP contribution in [0.1, 0.15) is 49.4 Å². The minimum absolute atomic E-state index is 0.0180. The fourth-order valence-electron chi connectivity index (χ4n) is 3.74. The number of rotatable bonds is 10. The summed E-state index contributed by atoms with van der Waals surface area (Å²) in [5, 5.41) is 12.0. The number of benzene rings is 1. The summed E-state index contributed by atoms with van der Waals surface area (Å²) in [7, 11) is 0. The van der Waals surface area contributed by atoms with Crippen molar-refractivity contribution in [3.05, 3.63) is 35.6 Å². The van der Waals surface area contributed by atoms with Crippen LogP contribution in [-0.4, -0.2) is 52.8 Å². The smallest absolute Gasteiger partial charge is 0.317 e.